The summed E-state index contributed by atoms with van der Waals surface area (Å²) < 4.78 is 29.1. The molecule has 150 valence electrons. The van der Waals surface area contributed by atoms with Crippen LogP contribution in [0.4, 0.5) is 14.5 Å². The number of rotatable bonds is 7. The largest absolute Gasteiger partial charge is 0.322 e. The van der Waals surface area contributed by atoms with Crippen LogP contribution in [0.1, 0.15) is 5.56 Å². The van der Waals surface area contributed by atoms with Crippen molar-refractivity contribution in [1.82, 2.24) is 14.8 Å². The van der Waals surface area contributed by atoms with Crippen molar-refractivity contribution < 1.29 is 13.6 Å². The van der Waals surface area contributed by atoms with Crippen LogP contribution in [0, 0.1) is 18.6 Å². The van der Waals surface area contributed by atoms with Gasteiger partial charge in [0.15, 0.2) is 16.8 Å². The van der Waals surface area contributed by atoms with E-state index in [1.54, 1.807) is 6.08 Å². The summed E-state index contributed by atoms with van der Waals surface area (Å²) in [7, 11) is 0. The van der Waals surface area contributed by atoms with E-state index < -0.39 is 17.5 Å². The van der Waals surface area contributed by atoms with Crippen LogP contribution in [0.3, 0.4) is 0 Å². The van der Waals surface area contributed by atoms with Crippen LogP contribution in [0.5, 0.6) is 0 Å². The number of carbonyl (C=O) groups excluding carboxylic acids is 1. The van der Waals surface area contributed by atoms with E-state index in [4.69, 9.17) is 0 Å². The van der Waals surface area contributed by atoms with E-state index in [0.717, 1.165) is 17.2 Å². The molecule has 1 amide bonds. The predicted octanol–water partition coefficient (Wildman–Crippen LogP) is 5.21. The molecule has 3 aromatic rings. The molecule has 29 heavy (non-hydrogen) atoms. The Bertz CT molecular complexity index is 1030. The maximum absolute atomic E-state index is 13.9. The minimum absolute atomic E-state index is 0.0214. The number of nitrogens with one attached hydrogen (secondary N) is 1. The summed E-state index contributed by atoms with van der Waals surface area (Å²) in [5, 5.41) is 11.4. The van der Waals surface area contributed by atoms with Crippen LogP contribution >= 0.6 is 27.7 Å². The monoisotopic (exact) mass is 478 g/mol. The van der Waals surface area contributed by atoms with Gasteiger partial charge in [0.1, 0.15) is 5.82 Å². The summed E-state index contributed by atoms with van der Waals surface area (Å²) in [6.07, 6.45) is 1.72. The number of amides is 1. The van der Waals surface area contributed by atoms with Crippen molar-refractivity contribution in [2.24, 2.45) is 0 Å². The van der Waals surface area contributed by atoms with E-state index in [1.165, 1.54) is 11.8 Å². The molecule has 9 heteroatoms. The molecule has 0 saturated heterocycles. The molecule has 0 radical (unpaired) electrons. The first-order valence-electron chi connectivity index (χ1n) is 8.57. The zero-order valence-corrected chi connectivity index (χ0v) is 17.9. The van der Waals surface area contributed by atoms with Gasteiger partial charge in [-0.1, -0.05) is 47.7 Å². The SMILES string of the molecule is C=CCn1c(SCC(=O)Nc2c(F)cc(F)cc2Br)nnc1-c1ccc(C)cc1. The number of anilines is 1. The molecule has 0 bridgehead atoms. The molecule has 2 aromatic carbocycles. The van der Waals surface area contributed by atoms with Gasteiger partial charge in [-0.3, -0.25) is 9.36 Å². The van der Waals surface area contributed by atoms with E-state index in [9.17, 15) is 13.6 Å². The molecule has 0 fully saturated rings. The van der Waals surface area contributed by atoms with E-state index in [-0.39, 0.29) is 15.9 Å². The van der Waals surface area contributed by atoms with E-state index >= 15 is 0 Å². The fourth-order valence-corrected chi connectivity index (χ4v) is 3.83. The zero-order chi connectivity index (χ0) is 21.0. The number of hydrogen-bond acceptors (Lipinski definition) is 4. The first-order valence-corrected chi connectivity index (χ1v) is 10.3. The minimum Gasteiger partial charge on any atom is -0.322 e. The fraction of sp³-hybridized carbons (Fsp3) is 0.150. The summed E-state index contributed by atoms with van der Waals surface area (Å²) in [5.74, 6) is -1.40. The smallest absolute Gasteiger partial charge is 0.234 e. The zero-order valence-electron chi connectivity index (χ0n) is 15.5. The Morgan fingerprint density at radius 1 is 1.28 bits per heavy atom. The number of allylic oxidation sites excluding steroid dienone is 1. The summed E-state index contributed by atoms with van der Waals surface area (Å²) in [6, 6.07) is 9.67. The molecule has 1 heterocycles. The lowest BCUT2D eigenvalue weighted by atomic mass is 10.1. The maximum Gasteiger partial charge on any atom is 0.234 e. The Kier molecular flexibility index (Phi) is 6.81. The van der Waals surface area contributed by atoms with E-state index in [2.05, 4.69) is 38.0 Å². The summed E-state index contributed by atoms with van der Waals surface area (Å²) in [4.78, 5) is 12.3. The van der Waals surface area contributed by atoms with Crippen molar-refractivity contribution in [3.05, 3.63) is 70.7 Å². The van der Waals surface area contributed by atoms with Crippen molar-refractivity contribution in [3.8, 4) is 11.4 Å². The molecule has 0 aliphatic heterocycles. The lowest BCUT2D eigenvalue weighted by Crippen LogP contribution is -2.16. The average molecular weight is 479 g/mol. The number of hydrogen-bond donors (Lipinski definition) is 1. The van der Waals surface area contributed by atoms with Gasteiger partial charge in [0, 0.05) is 22.6 Å². The second-order valence-corrected chi connectivity index (χ2v) is 7.95. The Balaban J connectivity index is 1.74. The van der Waals surface area contributed by atoms with Crippen molar-refractivity contribution in [2.75, 3.05) is 11.1 Å². The van der Waals surface area contributed by atoms with Crippen molar-refractivity contribution in [1.29, 1.82) is 0 Å². The highest BCUT2D eigenvalue weighted by Crippen LogP contribution is 2.28. The number of carbonyl (C=O) groups is 1. The number of thioether (sulfide) groups is 1. The van der Waals surface area contributed by atoms with Gasteiger partial charge >= 0.3 is 0 Å². The Labute approximate surface area is 179 Å². The molecule has 5 nitrogen and oxygen atoms in total. The number of benzene rings is 2. The Hall–Kier alpha value is -2.52. The third-order valence-corrected chi connectivity index (χ3v) is 5.53. The molecule has 0 spiro atoms. The van der Waals surface area contributed by atoms with Gasteiger partial charge in [0.25, 0.3) is 0 Å². The molecule has 0 saturated carbocycles. The van der Waals surface area contributed by atoms with Gasteiger partial charge in [0.05, 0.1) is 11.4 Å². The molecule has 0 aliphatic carbocycles. The average Bonchev–Trinajstić information content (AvgIpc) is 3.06. The summed E-state index contributed by atoms with van der Waals surface area (Å²) in [6.45, 7) is 6.23. The van der Waals surface area contributed by atoms with Crippen LogP contribution < -0.4 is 5.32 Å². The summed E-state index contributed by atoms with van der Waals surface area (Å²) >= 11 is 4.22. The Morgan fingerprint density at radius 2 is 2.00 bits per heavy atom. The third-order valence-electron chi connectivity index (χ3n) is 3.94. The first kappa shape index (κ1) is 21.2. The van der Waals surface area contributed by atoms with Gasteiger partial charge in [-0.25, -0.2) is 8.78 Å². The number of aromatic nitrogens is 3. The molecule has 0 atom stereocenters. The van der Waals surface area contributed by atoms with Gasteiger partial charge in [-0.05, 0) is 28.9 Å². The normalized spacial score (nSPS) is 10.8. The molecule has 3 rings (SSSR count). The molecule has 1 aromatic heterocycles. The molecule has 1 N–H and O–H groups in total. The summed E-state index contributed by atoms with van der Waals surface area (Å²) in [5.41, 5.74) is 1.93. The highest BCUT2D eigenvalue weighted by molar-refractivity contribution is 9.10. The van der Waals surface area contributed by atoms with Crippen molar-refractivity contribution in [3.63, 3.8) is 0 Å². The van der Waals surface area contributed by atoms with Crippen LogP contribution in [-0.4, -0.2) is 26.4 Å². The first-order chi connectivity index (χ1) is 13.9. The van der Waals surface area contributed by atoms with Crippen LogP contribution in [0.15, 0.2) is 58.7 Å². The minimum atomic E-state index is -0.855. The van der Waals surface area contributed by atoms with Gasteiger partial charge < -0.3 is 5.32 Å². The van der Waals surface area contributed by atoms with Crippen molar-refractivity contribution >= 4 is 39.3 Å². The maximum atomic E-state index is 13.9. The molecular formula is C20H17BrF2N4OS. The van der Waals surface area contributed by atoms with Crippen LogP contribution in [0.25, 0.3) is 11.4 Å². The quantitative estimate of drug-likeness (QED) is 0.374. The number of aryl methyl sites for hydroxylation is 1. The van der Waals surface area contributed by atoms with E-state index in [1.807, 2.05) is 35.8 Å². The highest BCUT2D eigenvalue weighted by Gasteiger charge is 2.17. The van der Waals surface area contributed by atoms with Crippen molar-refractivity contribution in [2.45, 2.75) is 18.6 Å². The van der Waals surface area contributed by atoms with E-state index in [0.29, 0.717) is 23.6 Å². The predicted molar refractivity (Wildman–Crippen MR) is 114 cm³/mol. The van der Waals surface area contributed by atoms with Crippen LogP contribution in [-0.2, 0) is 11.3 Å². The molecule has 0 aliphatic rings. The fourth-order valence-electron chi connectivity index (χ4n) is 2.57. The lowest BCUT2D eigenvalue weighted by molar-refractivity contribution is -0.113. The number of nitrogens with zero attached hydrogens (tertiary/aromatic N) is 3. The van der Waals surface area contributed by atoms with Gasteiger partial charge in [-0.2, -0.15) is 0 Å². The van der Waals surface area contributed by atoms with Gasteiger partial charge in [0.2, 0.25) is 5.91 Å². The van der Waals surface area contributed by atoms with Gasteiger partial charge in [-0.15, -0.1) is 16.8 Å². The molecule has 0 unspecified atom stereocenters. The highest BCUT2D eigenvalue weighted by atomic mass is 79.9. The molecular weight excluding hydrogens is 462 g/mol. The Morgan fingerprint density at radius 3 is 2.66 bits per heavy atom. The second kappa shape index (κ2) is 9.32. The standard InChI is InChI=1S/C20H17BrF2N4OS/c1-3-8-27-19(13-6-4-12(2)5-7-13)25-26-20(27)29-11-17(28)24-18-15(21)9-14(22)10-16(18)23/h3-7,9-10H,1,8,11H2,2H3,(H,24,28). The third kappa shape index (κ3) is 5.10. The second-order valence-electron chi connectivity index (χ2n) is 6.15. The lowest BCUT2D eigenvalue weighted by Gasteiger charge is -2.10. The topological polar surface area (TPSA) is 59.8 Å². The van der Waals surface area contributed by atoms with Crippen LogP contribution in [0.2, 0.25) is 0 Å². The number of halogens is 3.